The molecule has 2 aromatic carbocycles. The zero-order chi connectivity index (χ0) is 15.5. The summed E-state index contributed by atoms with van der Waals surface area (Å²) < 4.78 is 0. The van der Waals surface area contributed by atoms with Gasteiger partial charge in [-0.15, -0.1) is 0 Å². The Labute approximate surface area is 135 Å². The summed E-state index contributed by atoms with van der Waals surface area (Å²) in [7, 11) is 0. The van der Waals surface area contributed by atoms with Gasteiger partial charge in [-0.25, -0.2) is 0 Å². The summed E-state index contributed by atoms with van der Waals surface area (Å²) in [6, 6.07) is 17.1. The zero-order valence-electron chi connectivity index (χ0n) is 12.2. The number of rotatable bonds is 4. The Morgan fingerprint density at radius 2 is 1.82 bits per heavy atom. The molecule has 22 heavy (non-hydrogen) atoms. The standard InChI is InChI=1S/C18H18ClNO2/c19-15-8-6-14(7-9-15)16-10-11-20(17(16)18(21)22)12-13-4-2-1-3-5-13/h1-9,16-17H,10-12H2,(H,21,22)/t16-,17+/m0/s1. The van der Waals surface area contributed by atoms with Crippen LogP contribution in [0, 0.1) is 0 Å². The minimum Gasteiger partial charge on any atom is -0.480 e. The van der Waals surface area contributed by atoms with Crippen molar-refractivity contribution in [3.8, 4) is 0 Å². The van der Waals surface area contributed by atoms with E-state index in [9.17, 15) is 9.90 Å². The maximum atomic E-state index is 11.8. The number of carbonyl (C=O) groups is 1. The number of halogens is 1. The third-order valence-corrected chi connectivity index (χ3v) is 4.53. The Kier molecular flexibility index (Phi) is 4.46. The van der Waals surface area contributed by atoms with E-state index in [2.05, 4.69) is 4.90 Å². The van der Waals surface area contributed by atoms with Gasteiger partial charge < -0.3 is 5.11 Å². The molecule has 4 heteroatoms. The van der Waals surface area contributed by atoms with E-state index in [0.717, 1.165) is 24.1 Å². The summed E-state index contributed by atoms with van der Waals surface area (Å²) in [5.41, 5.74) is 2.19. The number of likely N-dealkylation sites (tertiary alicyclic amines) is 1. The fourth-order valence-corrected chi connectivity index (χ4v) is 3.36. The van der Waals surface area contributed by atoms with E-state index in [1.807, 2.05) is 54.6 Å². The average molecular weight is 316 g/mol. The van der Waals surface area contributed by atoms with Crippen LogP contribution in [0.5, 0.6) is 0 Å². The molecule has 1 saturated heterocycles. The molecule has 1 aliphatic rings. The molecule has 2 aromatic rings. The minimum atomic E-state index is -0.756. The largest absolute Gasteiger partial charge is 0.480 e. The lowest BCUT2D eigenvalue weighted by molar-refractivity contribution is -0.142. The van der Waals surface area contributed by atoms with Gasteiger partial charge in [0.05, 0.1) is 0 Å². The van der Waals surface area contributed by atoms with Crippen LogP contribution in [0.3, 0.4) is 0 Å². The molecule has 0 bridgehead atoms. The van der Waals surface area contributed by atoms with Crippen LogP contribution < -0.4 is 0 Å². The number of hydrogen-bond donors (Lipinski definition) is 1. The van der Waals surface area contributed by atoms with Crippen LogP contribution >= 0.6 is 11.6 Å². The van der Waals surface area contributed by atoms with E-state index in [1.165, 1.54) is 0 Å². The number of carboxylic acid groups (broad SMARTS) is 1. The van der Waals surface area contributed by atoms with Crippen molar-refractivity contribution in [1.29, 1.82) is 0 Å². The summed E-state index contributed by atoms with van der Waals surface area (Å²) in [5.74, 6) is -0.744. The molecule has 0 aromatic heterocycles. The molecule has 114 valence electrons. The molecule has 0 spiro atoms. The zero-order valence-corrected chi connectivity index (χ0v) is 12.9. The average Bonchev–Trinajstić information content (AvgIpc) is 2.93. The van der Waals surface area contributed by atoms with Crippen molar-refractivity contribution >= 4 is 17.6 Å². The van der Waals surface area contributed by atoms with Crippen LogP contribution in [0.4, 0.5) is 0 Å². The van der Waals surface area contributed by atoms with Gasteiger partial charge >= 0.3 is 5.97 Å². The lowest BCUT2D eigenvalue weighted by atomic mass is 9.91. The first-order valence-corrected chi connectivity index (χ1v) is 7.79. The van der Waals surface area contributed by atoms with E-state index in [4.69, 9.17) is 11.6 Å². The van der Waals surface area contributed by atoms with Crippen molar-refractivity contribution in [3.05, 3.63) is 70.7 Å². The SMILES string of the molecule is O=C(O)[C@H]1[C@H](c2ccc(Cl)cc2)CCN1Cc1ccccc1. The van der Waals surface area contributed by atoms with Gasteiger partial charge in [-0.1, -0.05) is 54.1 Å². The van der Waals surface area contributed by atoms with E-state index < -0.39 is 12.0 Å². The number of benzene rings is 2. The third kappa shape index (κ3) is 3.16. The van der Waals surface area contributed by atoms with Gasteiger partial charge in [-0.3, -0.25) is 9.69 Å². The molecule has 2 atom stereocenters. The Bertz CT molecular complexity index is 642. The van der Waals surface area contributed by atoms with E-state index in [1.54, 1.807) is 0 Å². The molecule has 1 N–H and O–H groups in total. The van der Waals surface area contributed by atoms with Crippen molar-refractivity contribution < 1.29 is 9.90 Å². The summed E-state index contributed by atoms with van der Waals surface area (Å²) >= 11 is 5.93. The molecule has 3 nitrogen and oxygen atoms in total. The predicted molar refractivity (Wildman–Crippen MR) is 87.1 cm³/mol. The van der Waals surface area contributed by atoms with Crippen molar-refractivity contribution in [1.82, 2.24) is 4.90 Å². The van der Waals surface area contributed by atoms with Crippen molar-refractivity contribution in [2.75, 3.05) is 6.54 Å². The second-order valence-electron chi connectivity index (χ2n) is 5.69. The van der Waals surface area contributed by atoms with Crippen LogP contribution in [-0.4, -0.2) is 28.6 Å². The highest BCUT2D eigenvalue weighted by Crippen LogP contribution is 2.35. The van der Waals surface area contributed by atoms with Crippen LogP contribution in [-0.2, 0) is 11.3 Å². The highest BCUT2D eigenvalue weighted by molar-refractivity contribution is 6.30. The highest BCUT2D eigenvalue weighted by Gasteiger charge is 2.39. The topological polar surface area (TPSA) is 40.5 Å². The normalized spacial score (nSPS) is 21.9. The maximum Gasteiger partial charge on any atom is 0.321 e. The molecule has 0 radical (unpaired) electrons. The van der Waals surface area contributed by atoms with Gasteiger partial charge in [0.25, 0.3) is 0 Å². The molecule has 3 rings (SSSR count). The number of nitrogens with zero attached hydrogens (tertiary/aromatic N) is 1. The van der Waals surface area contributed by atoms with E-state index >= 15 is 0 Å². The Morgan fingerprint density at radius 1 is 1.14 bits per heavy atom. The van der Waals surface area contributed by atoms with Crippen LogP contribution in [0.15, 0.2) is 54.6 Å². The molecule has 0 amide bonds. The summed E-state index contributed by atoms with van der Waals surface area (Å²) in [4.78, 5) is 13.8. The third-order valence-electron chi connectivity index (χ3n) is 4.28. The molecular formula is C18H18ClNO2. The summed E-state index contributed by atoms with van der Waals surface area (Å²) in [6.07, 6.45) is 0.853. The van der Waals surface area contributed by atoms with Crippen LogP contribution in [0.25, 0.3) is 0 Å². The Balaban J connectivity index is 1.82. The fraction of sp³-hybridized carbons (Fsp3) is 0.278. The second kappa shape index (κ2) is 6.51. The van der Waals surface area contributed by atoms with Gasteiger partial charge in [0, 0.05) is 24.0 Å². The van der Waals surface area contributed by atoms with E-state index in [0.29, 0.717) is 11.6 Å². The quantitative estimate of drug-likeness (QED) is 0.933. The lowest BCUT2D eigenvalue weighted by Crippen LogP contribution is -2.38. The number of carboxylic acids is 1. The predicted octanol–water partition coefficient (Wildman–Crippen LogP) is 3.78. The van der Waals surface area contributed by atoms with Gasteiger partial charge in [-0.2, -0.15) is 0 Å². The molecule has 1 aliphatic heterocycles. The lowest BCUT2D eigenvalue weighted by Gasteiger charge is -2.25. The van der Waals surface area contributed by atoms with Crippen LogP contribution in [0.1, 0.15) is 23.5 Å². The molecule has 1 fully saturated rings. The number of aliphatic carboxylic acids is 1. The second-order valence-corrected chi connectivity index (χ2v) is 6.12. The fourth-order valence-electron chi connectivity index (χ4n) is 3.24. The molecular weight excluding hydrogens is 298 g/mol. The maximum absolute atomic E-state index is 11.8. The van der Waals surface area contributed by atoms with Gasteiger partial charge in [-0.05, 0) is 29.7 Å². The monoisotopic (exact) mass is 315 g/mol. The van der Waals surface area contributed by atoms with Crippen molar-refractivity contribution in [2.45, 2.75) is 24.9 Å². The minimum absolute atomic E-state index is 0.0125. The summed E-state index contributed by atoms with van der Waals surface area (Å²) in [5, 5.41) is 10.4. The first kappa shape index (κ1) is 15.1. The molecule has 0 unspecified atom stereocenters. The molecule has 1 heterocycles. The van der Waals surface area contributed by atoms with E-state index in [-0.39, 0.29) is 5.92 Å². The van der Waals surface area contributed by atoms with Crippen molar-refractivity contribution in [3.63, 3.8) is 0 Å². The van der Waals surface area contributed by atoms with Gasteiger partial charge in [0.2, 0.25) is 0 Å². The smallest absolute Gasteiger partial charge is 0.321 e. The van der Waals surface area contributed by atoms with Crippen LogP contribution in [0.2, 0.25) is 5.02 Å². The Morgan fingerprint density at radius 3 is 2.45 bits per heavy atom. The Hall–Kier alpha value is -1.84. The van der Waals surface area contributed by atoms with Gasteiger partial charge in [0.1, 0.15) is 6.04 Å². The molecule has 0 saturated carbocycles. The van der Waals surface area contributed by atoms with Gasteiger partial charge in [0.15, 0.2) is 0 Å². The van der Waals surface area contributed by atoms with Crippen molar-refractivity contribution in [2.24, 2.45) is 0 Å². The summed E-state index contributed by atoms with van der Waals surface area (Å²) in [6.45, 7) is 1.46. The number of hydrogen-bond acceptors (Lipinski definition) is 2. The first-order valence-electron chi connectivity index (χ1n) is 7.41. The first-order chi connectivity index (χ1) is 10.6. The highest BCUT2D eigenvalue weighted by atomic mass is 35.5. The molecule has 0 aliphatic carbocycles.